The van der Waals surface area contributed by atoms with E-state index in [1.165, 1.54) is 15.6 Å². The number of hydrogen-bond donors (Lipinski definition) is 1. The average molecular weight is 373 g/mol. The van der Waals surface area contributed by atoms with E-state index in [1.54, 1.807) is 11.3 Å². The van der Waals surface area contributed by atoms with Crippen molar-refractivity contribution < 1.29 is 4.74 Å². The SMILES string of the molecule is Cc1nc(N[C@@H]2CCOc3ccccc32)cc(-c2ccc3sccc3c2)n1. The molecule has 1 aliphatic heterocycles. The molecule has 0 radical (unpaired) electrons. The largest absolute Gasteiger partial charge is 0.493 e. The number of nitrogens with zero attached hydrogens (tertiary/aromatic N) is 2. The zero-order valence-electron chi connectivity index (χ0n) is 15.0. The Morgan fingerprint density at radius 3 is 2.96 bits per heavy atom. The normalized spacial score (nSPS) is 16.0. The van der Waals surface area contributed by atoms with Crippen LogP contribution in [0.1, 0.15) is 23.9 Å². The Hall–Kier alpha value is -2.92. The lowest BCUT2D eigenvalue weighted by atomic mass is 10.0. The standard InChI is InChI=1S/C22H19N3OS/c1-14-23-19(15-6-7-21-16(12-15)9-11-27-21)13-22(24-14)25-18-8-10-26-20-5-3-2-4-17(18)20/h2-7,9,11-13,18H,8,10H2,1H3,(H,23,24,25)/t18-/m1/s1. The minimum atomic E-state index is 0.191. The Morgan fingerprint density at radius 2 is 2.00 bits per heavy atom. The van der Waals surface area contributed by atoms with Crippen molar-refractivity contribution in [2.45, 2.75) is 19.4 Å². The predicted octanol–water partition coefficient (Wildman–Crippen LogP) is 5.60. The van der Waals surface area contributed by atoms with Crippen LogP contribution in [0.4, 0.5) is 5.82 Å². The molecule has 0 saturated carbocycles. The van der Waals surface area contributed by atoms with Gasteiger partial charge in [0.25, 0.3) is 0 Å². The Balaban J connectivity index is 1.49. The second-order valence-corrected chi connectivity index (χ2v) is 7.68. The first-order valence-electron chi connectivity index (χ1n) is 9.08. The van der Waals surface area contributed by atoms with Crippen molar-refractivity contribution in [3.8, 4) is 17.0 Å². The van der Waals surface area contributed by atoms with Gasteiger partial charge in [-0.2, -0.15) is 0 Å². The molecule has 4 nitrogen and oxygen atoms in total. The summed E-state index contributed by atoms with van der Waals surface area (Å²) >= 11 is 1.76. The first-order valence-corrected chi connectivity index (χ1v) is 9.96. The van der Waals surface area contributed by atoms with Gasteiger partial charge in [-0.25, -0.2) is 9.97 Å². The number of benzene rings is 2. The monoisotopic (exact) mass is 373 g/mol. The molecule has 1 N–H and O–H groups in total. The van der Waals surface area contributed by atoms with Gasteiger partial charge in [-0.15, -0.1) is 11.3 Å². The second-order valence-electron chi connectivity index (χ2n) is 6.73. The first kappa shape index (κ1) is 16.3. The van der Waals surface area contributed by atoms with Crippen LogP contribution in [-0.2, 0) is 0 Å². The zero-order chi connectivity index (χ0) is 18.2. The number of aryl methyl sites for hydroxylation is 1. The Labute approximate surface area is 161 Å². The van der Waals surface area contributed by atoms with E-state index in [4.69, 9.17) is 4.74 Å². The van der Waals surface area contributed by atoms with Gasteiger partial charge in [0.1, 0.15) is 17.4 Å². The second kappa shape index (κ2) is 6.67. The summed E-state index contributed by atoms with van der Waals surface area (Å²) in [7, 11) is 0. The number of anilines is 1. The molecule has 5 heteroatoms. The van der Waals surface area contributed by atoms with E-state index in [2.05, 4.69) is 57.1 Å². The Bertz CT molecular complexity index is 1120. The van der Waals surface area contributed by atoms with Crippen LogP contribution in [0, 0.1) is 6.92 Å². The molecule has 0 amide bonds. The molecular formula is C22H19N3OS. The molecule has 27 heavy (non-hydrogen) atoms. The maximum atomic E-state index is 5.77. The van der Waals surface area contributed by atoms with Gasteiger partial charge in [0.15, 0.2) is 0 Å². The molecule has 0 saturated heterocycles. The lowest BCUT2D eigenvalue weighted by molar-refractivity contribution is 0.274. The maximum Gasteiger partial charge on any atom is 0.130 e. The molecule has 3 heterocycles. The van der Waals surface area contributed by atoms with Crippen molar-refractivity contribution in [2.24, 2.45) is 0 Å². The van der Waals surface area contributed by atoms with Crippen LogP contribution in [-0.4, -0.2) is 16.6 Å². The highest BCUT2D eigenvalue weighted by molar-refractivity contribution is 7.17. The number of aromatic nitrogens is 2. The van der Waals surface area contributed by atoms with Gasteiger partial charge in [0.2, 0.25) is 0 Å². The molecule has 0 spiro atoms. The van der Waals surface area contributed by atoms with E-state index < -0.39 is 0 Å². The lowest BCUT2D eigenvalue weighted by Crippen LogP contribution is -2.21. The number of thiophene rings is 1. The summed E-state index contributed by atoms with van der Waals surface area (Å²) in [6.45, 7) is 2.65. The molecule has 0 unspecified atom stereocenters. The minimum Gasteiger partial charge on any atom is -0.493 e. The van der Waals surface area contributed by atoms with E-state index in [0.717, 1.165) is 35.1 Å². The van der Waals surface area contributed by atoms with Crippen LogP contribution < -0.4 is 10.1 Å². The molecular weight excluding hydrogens is 354 g/mol. The number of hydrogen-bond acceptors (Lipinski definition) is 5. The topological polar surface area (TPSA) is 47.0 Å². The van der Waals surface area contributed by atoms with E-state index in [9.17, 15) is 0 Å². The number of para-hydroxylation sites is 1. The van der Waals surface area contributed by atoms with Crippen LogP contribution in [0.3, 0.4) is 0 Å². The van der Waals surface area contributed by atoms with Crippen molar-refractivity contribution in [3.05, 3.63) is 71.4 Å². The summed E-state index contributed by atoms with van der Waals surface area (Å²) in [5, 5.41) is 6.96. The van der Waals surface area contributed by atoms with Crippen molar-refractivity contribution in [3.63, 3.8) is 0 Å². The molecule has 1 aliphatic rings. The van der Waals surface area contributed by atoms with Gasteiger partial charge in [-0.1, -0.05) is 24.3 Å². The van der Waals surface area contributed by atoms with Crippen molar-refractivity contribution in [1.82, 2.24) is 9.97 Å². The molecule has 4 aromatic rings. The zero-order valence-corrected chi connectivity index (χ0v) is 15.8. The molecule has 2 aromatic heterocycles. The fraction of sp³-hybridized carbons (Fsp3) is 0.182. The van der Waals surface area contributed by atoms with Gasteiger partial charge in [-0.3, -0.25) is 0 Å². The molecule has 0 fully saturated rings. The van der Waals surface area contributed by atoms with Crippen molar-refractivity contribution in [1.29, 1.82) is 0 Å². The summed E-state index contributed by atoms with van der Waals surface area (Å²) < 4.78 is 7.06. The van der Waals surface area contributed by atoms with Crippen molar-refractivity contribution >= 4 is 27.2 Å². The fourth-order valence-electron chi connectivity index (χ4n) is 3.59. The van der Waals surface area contributed by atoms with E-state index in [1.807, 2.05) is 25.1 Å². The summed E-state index contributed by atoms with van der Waals surface area (Å²) in [5.41, 5.74) is 3.24. The number of rotatable bonds is 3. The molecule has 1 atom stereocenters. The number of nitrogens with one attached hydrogen (secondary N) is 1. The van der Waals surface area contributed by atoms with Crippen LogP contribution in [0.25, 0.3) is 21.3 Å². The molecule has 2 aromatic carbocycles. The van der Waals surface area contributed by atoms with Gasteiger partial charge in [0.05, 0.1) is 18.3 Å². The van der Waals surface area contributed by atoms with Gasteiger partial charge in [0, 0.05) is 28.3 Å². The van der Waals surface area contributed by atoms with Crippen LogP contribution in [0.5, 0.6) is 5.75 Å². The summed E-state index contributed by atoms with van der Waals surface area (Å²) in [6, 6.07) is 19.1. The highest BCUT2D eigenvalue weighted by Crippen LogP contribution is 2.34. The highest BCUT2D eigenvalue weighted by atomic mass is 32.1. The van der Waals surface area contributed by atoms with Gasteiger partial charge < -0.3 is 10.1 Å². The average Bonchev–Trinajstić information content (AvgIpc) is 3.16. The van der Waals surface area contributed by atoms with Crippen molar-refractivity contribution in [2.75, 3.05) is 11.9 Å². The summed E-state index contributed by atoms with van der Waals surface area (Å²) in [5.74, 6) is 2.57. The lowest BCUT2D eigenvalue weighted by Gasteiger charge is -2.27. The van der Waals surface area contributed by atoms with Crippen LogP contribution in [0.15, 0.2) is 60.0 Å². The van der Waals surface area contributed by atoms with Crippen LogP contribution in [0.2, 0.25) is 0 Å². The van der Waals surface area contributed by atoms with E-state index >= 15 is 0 Å². The molecule has 5 rings (SSSR count). The Morgan fingerprint density at radius 1 is 1.07 bits per heavy atom. The van der Waals surface area contributed by atoms with E-state index in [0.29, 0.717) is 6.61 Å². The third-order valence-corrected chi connectivity index (χ3v) is 5.76. The highest BCUT2D eigenvalue weighted by Gasteiger charge is 2.21. The van der Waals surface area contributed by atoms with E-state index in [-0.39, 0.29) is 6.04 Å². The quantitative estimate of drug-likeness (QED) is 0.507. The summed E-state index contributed by atoms with van der Waals surface area (Å²) in [6.07, 6.45) is 0.913. The maximum absolute atomic E-state index is 5.77. The summed E-state index contributed by atoms with van der Waals surface area (Å²) in [4.78, 5) is 9.28. The molecule has 0 aliphatic carbocycles. The number of fused-ring (bicyclic) bond motifs is 2. The smallest absolute Gasteiger partial charge is 0.130 e. The van der Waals surface area contributed by atoms with Crippen LogP contribution >= 0.6 is 11.3 Å². The third-order valence-electron chi connectivity index (χ3n) is 4.87. The number of ether oxygens (including phenoxy) is 1. The third kappa shape index (κ3) is 3.15. The molecule has 0 bridgehead atoms. The van der Waals surface area contributed by atoms with Gasteiger partial charge >= 0.3 is 0 Å². The predicted molar refractivity (Wildman–Crippen MR) is 111 cm³/mol. The minimum absolute atomic E-state index is 0.191. The fourth-order valence-corrected chi connectivity index (χ4v) is 4.36. The van der Waals surface area contributed by atoms with Gasteiger partial charge in [-0.05, 0) is 42.0 Å². The molecule has 134 valence electrons. The first-order chi connectivity index (χ1) is 13.3. The Kier molecular flexibility index (Phi) is 4.02.